The van der Waals surface area contributed by atoms with Crippen molar-refractivity contribution < 1.29 is 24.2 Å². The third-order valence-electron chi connectivity index (χ3n) is 4.16. The number of phenolic OH excluding ortho intramolecular Hbond substituents is 1. The van der Waals surface area contributed by atoms with E-state index >= 15 is 0 Å². The zero-order chi connectivity index (χ0) is 21.1. The molecule has 0 atom stereocenters. The lowest BCUT2D eigenvalue weighted by Crippen LogP contribution is -2.36. The average Bonchev–Trinajstić information content (AvgIpc) is 2.93. The predicted octanol–water partition coefficient (Wildman–Crippen LogP) is 4.15. The van der Waals surface area contributed by atoms with Gasteiger partial charge in [0.1, 0.15) is 6.54 Å². The number of nitrogens with zero attached hydrogens (tertiary/aromatic N) is 1. The van der Waals surface area contributed by atoms with Crippen LogP contribution in [0.4, 0.5) is 10.5 Å². The fraction of sp³-hybridized carbons (Fsp3) is 0.150. The number of halogens is 1. The molecule has 0 saturated carbocycles. The van der Waals surface area contributed by atoms with Crippen LogP contribution in [0.25, 0.3) is 6.08 Å². The number of hydrogen-bond acceptors (Lipinski definition) is 6. The number of anilines is 1. The first kappa shape index (κ1) is 20.9. The molecular formula is C20H17BrN2O5S. The van der Waals surface area contributed by atoms with Gasteiger partial charge in [-0.05, 0) is 70.0 Å². The second kappa shape index (κ2) is 8.71. The Morgan fingerprint density at radius 2 is 2.03 bits per heavy atom. The molecule has 29 heavy (non-hydrogen) atoms. The molecule has 0 aliphatic carbocycles. The van der Waals surface area contributed by atoms with Crippen LogP contribution in [-0.4, -0.2) is 40.7 Å². The lowest BCUT2D eigenvalue weighted by atomic mass is 10.2. The Hall–Kier alpha value is -2.78. The number of imide groups is 1. The lowest BCUT2D eigenvalue weighted by Gasteiger charge is -2.13. The summed E-state index contributed by atoms with van der Waals surface area (Å²) in [5.74, 6) is -0.854. The SMILES string of the molecule is COc1cc(/C=C2/SC(=O)N(CC(=O)Nc3ccccc3C)C2=O)cc(Br)c1O. The first-order valence-electron chi connectivity index (χ1n) is 8.47. The molecule has 150 valence electrons. The minimum absolute atomic E-state index is 0.0642. The first-order chi connectivity index (χ1) is 13.8. The third-order valence-corrected chi connectivity index (χ3v) is 5.67. The smallest absolute Gasteiger partial charge is 0.294 e. The summed E-state index contributed by atoms with van der Waals surface area (Å²) < 4.78 is 5.48. The van der Waals surface area contributed by atoms with Gasteiger partial charge in [0.15, 0.2) is 11.5 Å². The Kier molecular flexibility index (Phi) is 6.29. The number of ether oxygens (including phenoxy) is 1. The maximum atomic E-state index is 12.6. The van der Waals surface area contributed by atoms with Crippen LogP contribution in [0.5, 0.6) is 11.5 Å². The summed E-state index contributed by atoms with van der Waals surface area (Å²) in [6.45, 7) is 1.47. The van der Waals surface area contributed by atoms with Crippen LogP contribution in [0.2, 0.25) is 0 Å². The van der Waals surface area contributed by atoms with Crippen molar-refractivity contribution in [3.05, 3.63) is 56.9 Å². The van der Waals surface area contributed by atoms with Gasteiger partial charge in [0.05, 0.1) is 16.5 Å². The quantitative estimate of drug-likeness (QED) is 0.629. The van der Waals surface area contributed by atoms with Gasteiger partial charge in [-0.25, -0.2) is 0 Å². The molecule has 1 saturated heterocycles. The number of thioether (sulfide) groups is 1. The zero-order valence-electron chi connectivity index (χ0n) is 15.6. The van der Waals surface area contributed by atoms with Crippen molar-refractivity contribution in [3.8, 4) is 11.5 Å². The number of para-hydroxylation sites is 1. The van der Waals surface area contributed by atoms with Crippen molar-refractivity contribution in [1.29, 1.82) is 0 Å². The number of methoxy groups -OCH3 is 1. The van der Waals surface area contributed by atoms with Crippen molar-refractivity contribution in [2.24, 2.45) is 0 Å². The number of benzene rings is 2. The van der Waals surface area contributed by atoms with Gasteiger partial charge in [0, 0.05) is 5.69 Å². The fourth-order valence-corrected chi connectivity index (χ4v) is 3.96. The Balaban J connectivity index is 1.76. The van der Waals surface area contributed by atoms with Gasteiger partial charge in [-0.15, -0.1) is 0 Å². The number of phenols is 1. The summed E-state index contributed by atoms with van der Waals surface area (Å²) in [5.41, 5.74) is 2.06. The second-order valence-corrected chi connectivity index (χ2v) is 8.03. The molecule has 2 aromatic carbocycles. The molecule has 0 aromatic heterocycles. The summed E-state index contributed by atoms with van der Waals surface area (Å²) in [7, 11) is 1.41. The van der Waals surface area contributed by atoms with Crippen molar-refractivity contribution >= 4 is 56.5 Å². The van der Waals surface area contributed by atoms with E-state index < -0.39 is 17.1 Å². The Morgan fingerprint density at radius 1 is 1.31 bits per heavy atom. The molecule has 2 N–H and O–H groups in total. The third kappa shape index (κ3) is 4.63. The summed E-state index contributed by atoms with van der Waals surface area (Å²) in [6, 6.07) is 10.4. The van der Waals surface area contributed by atoms with Gasteiger partial charge in [0.2, 0.25) is 5.91 Å². The predicted molar refractivity (Wildman–Crippen MR) is 115 cm³/mol. The number of rotatable bonds is 5. The van der Waals surface area contributed by atoms with Crippen LogP contribution in [0.15, 0.2) is 45.8 Å². The topological polar surface area (TPSA) is 95.9 Å². The maximum absolute atomic E-state index is 12.6. The monoisotopic (exact) mass is 476 g/mol. The van der Waals surface area contributed by atoms with Gasteiger partial charge in [-0.3, -0.25) is 19.3 Å². The van der Waals surface area contributed by atoms with E-state index in [0.717, 1.165) is 22.2 Å². The largest absolute Gasteiger partial charge is 0.503 e. The minimum atomic E-state index is -0.553. The van der Waals surface area contributed by atoms with E-state index in [1.54, 1.807) is 24.3 Å². The molecule has 9 heteroatoms. The van der Waals surface area contributed by atoms with Crippen LogP contribution in [0.1, 0.15) is 11.1 Å². The van der Waals surface area contributed by atoms with Crippen molar-refractivity contribution in [2.45, 2.75) is 6.92 Å². The number of nitrogens with one attached hydrogen (secondary N) is 1. The van der Waals surface area contributed by atoms with Crippen molar-refractivity contribution in [1.82, 2.24) is 4.90 Å². The number of aryl methyl sites for hydroxylation is 1. The molecule has 3 amide bonds. The Bertz CT molecular complexity index is 1040. The van der Waals surface area contributed by atoms with E-state index in [1.807, 2.05) is 19.1 Å². The van der Waals surface area contributed by atoms with Crippen LogP contribution in [-0.2, 0) is 9.59 Å². The van der Waals surface area contributed by atoms with Gasteiger partial charge in [-0.1, -0.05) is 18.2 Å². The molecule has 2 aromatic rings. The highest BCUT2D eigenvalue weighted by Gasteiger charge is 2.36. The number of amides is 3. The van der Waals surface area contributed by atoms with E-state index in [4.69, 9.17) is 4.74 Å². The molecule has 7 nitrogen and oxygen atoms in total. The average molecular weight is 477 g/mol. The van der Waals surface area contributed by atoms with E-state index in [9.17, 15) is 19.5 Å². The molecule has 1 aliphatic rings. The van der Waals surface area contributed by atoms with E-state index in [1.165, 1.54) is 13.2 Å². The molecule has 1 fully saturated rings. The van der Waals surface area contributed by atoms with Gasteiger partial charge in [0.25, 0.3) is 11.1 Å². The summed E-state index contributed by atoms with van der Waals surface area (Å²) in [4.78, 5) is 38.3. The van der Waals surface area contributed by atoms with Crippen molar-refractivity contribution in [3.63, 3.8) is 0 Å². The molecule has 0 bridgehead atoms. The molecule has 0 unspecified atom stereocenters. The van der Waals surface area contributed by atoms with Gasteiger partial charge in [-0.2, -0.15) is 0 Å². The minimum Gasteiger partial charge on any atom is -0.503 e. The highest BCUT2D eigenvalue weighted by molar-refractivity contribution is 9.10. The zero-order valence-corrected chi connectivity index (χ0v) is 18.0. The molecule has 0 radical (unpaired) electrons. The second-order valence-electron chi connectivity index (χ2n) is 6.18. The Morgan fingerprint density at radius 3 is 2.72 bits per heavy atom. The molecule has 1 aliphatic heterocycles. The first-order valence-corrected chi connectivity index (χ1v) is 10.1. The summed E-state index contributed by atoms with van der Waals surface area (Å²) in [6.07, 6.45) is 1.51. The lowest BCUT2D eigenvalue weighted by molar-refractivity contribution is -0.127. The van der Waals surface area contributed by atoms with E-state index in [0.29, 0.717) is 15.7 Å². The van der Waals surface area contributed by atoms with E-state index in [2.05, 4.69) is 21.2 Å². The van der Waals surface area contributed by atoms with Gasteiger partial charge >= 0.3 is 0 Å². The van der Waals surface area contributed by atoms with Crippen LogP contribution >= 0.6 is 27.7 Å². The Labute approximate surface area is 179 Å². The standard InChI is InChI=1S/C20H17BrN2O5S/c1-11-5-3-4-6-14(11)22-17(24)10-23-19(26)16(29-20(23)27)9-12-7-13(21)18(25)15(8-12)28-2/h3-9,25H,10H2,1-2H3,(H,22,24)/b16-9+. The normalized spacial score (nSPS) is 15.1. The van der Waals surface area contributed by atoms with Gasteiger partial charge < -0.3 is 15.2 Å². The maximum Gasteiger partial charge on any atom is 0.294 e. The number of carbonyl (C=O) groups excluding carboxylic acids is 3. The molecule has 1 heterocycles. The molecular weight excluding hydrogens is 460 g/mol. The number of carbonyl (C=O) groups is 3. The highest BCUT2D eigenvalue weighted by Crippen LogP contribution is 2.38. The molecule has 0 spiro atoms. The summed E-state index contributed by atoms with van der Waals surface area (Å²) in [5, 5.41) is 12.1. The van der Waals surface area contributed by atoms with Crippen LogP contribution in [0, 0.1) is 6.92 Å². The van der Waals surface area contributed by atoms with Crippen molar-refractivity contribution in [2.75, 3.05) is 19.0 Å². The highest BCUT2D eigenvalue weighted by atomic mass is 79.9. The number of aromatic hydroxyl groups is 1. The summed E-state index contributed by atoms with van der Waals surface area (Å²) >= 11 is 3.97. The number of hydrogen-bond donors (Lipinski definition) is 2. The van der Waals surface area contributed by atoms with E-state index in [-0.39, 0.29) is 22.9 Å². The molecule has 3 rings (SSSR count). The van der Waals surface area contributed by atoms with Crippen LogP contribution < -0.4 is 10.1 Å². The van der Waals surface area contributed by atoms with Crippen LogP contribution in [0.3, 0.4) is 0 Å². The fourth-order valence-electron chi connectivity index (χ4n) is 2.67.